The van der Waals surface area contributed by atoms with Gasteiger partial charge < -0.3 is 14.6 Å². The van der Waals surface area contributed by atoms with E-state index in [2.05, 4.69) is 20.2 Å². The van der Waals surface area contributed by atoms with Gasteiger partial charge in [0.05, 0.1) is 12.2 Å². The molecule has 23 heavy (non-hydrogen) atoms. The first-order valence-electron chi connectivity index (χ1n) is 8.07. The predicted octanol–water partition coefficient (Wildman–Crippen LogP) is 1.95. The zero-order chi connectivity index (χ0) is 16.1. The molecule has 0 radical (unpaired) electrons. The third-order valence-corrected chi connectivity index (χ3v) is 4.11. The lowest BCUT2D eigenvalue weighted by molar-refractivity contribution is -0.125. The van der Waals surface area contributed by atoms with Crippen LogP contribution in [0, 0.1) is 12.8 Å². The van der Waals surface area contributed by atoms with E-state index in [1.807, 2.05) is 25.1 Å². The van der Waals surface area contributed by atoms with Crippen LogP contribution in [0.2, 0.25) is 0 Å². The van der Waals surface area contributed by atoms with Gasteiger partial charge in [0.2, 0.25) is 11.9 Å². The molecule has 1 N–H and O–H groups in total. The van der Waals surface area contributed by atoms with Gasteiger partial charge in [-0.05, 0) is 38.0 Å². The number of amides is 1. The van der Waals surface area contributed by atoms with Crippen LogP contribution < -0.4 is 10.2 Å². The molecule has 122 valence electrons. The van der Waals surface area contributed by atoms with Crippen molar-refractivity contribution in [3.8, 4) is 0 Å². The fourth-order valence-corrected chi connectivity index (χ4v) is 2.87. The first-order valence-corrected chi connectivity index (χ1v) is 8.07. The summed E-state index contributed by atoms with van der Waals surface area (Å²) in [6, 6.07) is 5.66. The van der Waals surface area contributed by atoms with Crippen molar-refractivity contribution in [3.63, 3.8) is 0 Å². The van der Waals surface area contributed by atoms with E-state index >= 15 is 0 Å². The van der Waals surface area contributed by atoms with E-state index in [0.717, 1.165) is 43.2 Å². The molecule has 0 saturated carbocycles. The second kappa shape index (κ2) is 7.26. The van der Waals surface area contributed by atoms with Crippen LogP contribution in [-0.4, -0.2) is 35.5 Å². The number of anilines is 1. The average molecular weight is 314 g/mol. The Kier molecular flexibility index (Phi) is 4.90. The second-order valence-electron chi connectivity index (χ2n) is 5.90. The number of nitrogens with zero attached hydrogens (tertiary/aromatic N) is 3. The van der Waals surface area contributed by atoms with Crippen LogP contribution in [0.1, 0.15) is 24.3 Å². The molecular formula is C17H22N4O2. The van der Waals surface area contributed by atoms with Gasteiger partial charge in [0.1, 0.15) is 5.76 Å². The molecule has 6 nitrogen and oxygen atoms in total. The molecule has 2 aromatic rings. The third kappa shape index (κ3) is 4.09. The average Bonchev–Trinajstić information content (AvgIpc) is 3.08. The molecule has 6 heteroatoms. The van der Waals surface area contributed by atoms with Crippen LogP contribution in [0.4, 0.5) is 5.95 Å². The van der Waals surface area contributed by atoms with Crippen molar-refractivity contribution in [3.05, 3.63) is 42.1 Å². The van der Waals surface area contributed by atoms with Crippen molar-refractivity contribution < 1.29 is 9.21 Å². The van der Waals surface area contributed by atoms with Crippen molar-refractivity contribution in [1.82, 2.24) is 15.3 Å². The fourth-order valence-electron chi connectivity index (χ4n) is 2.87. The topological polar surface area (TPSA) is 71.3 Å². The number of piperidine rings is 1. The summed E-state index contributed by atoms with van der Waals surface area (Å²) in [5.41, 5.74) is 0.944. The molecule has 1 atom stereocenters. The number of carbonyl (C=O) groups excluding carboxylic acids is 1. The summed E-state index contributed by atoms with van der Waals surface area (Å²) >= 11 is 0. The first kappa shape index (κ1) is 15.5. The highest BCUT2D eigenvalue weighted by Gasteiger charge is 2.26. The standard InChI is InChI=1S/C17H22N4O2/c1-13-6-8-19-17(20-13)21-10-2-4-14(12-21)16(22)18-9-7-15-5-3-11-23-15/h3,5-6,8,11,14H,2,4,7,9-10,12H2,1H3,(H,18,22). The molecule has 1 fully saturated rings. The van der Waals surface area contributed by atoms with Crippen molar-refractivity contribution >= 4 is 11.9 Å². The van der Waals surface area contributed by atoms with Gasteiger partial charge in [0.25, 0.3) is 0 Å². The van der Waals surface area contributed by atoms with Gasteiger partial charge in [-0.2, -0.15) is 0 Å². The maximum absolute atomic E-state index is 12.4. The van der Waals surface area contributed by atoms with Crippen LogP contribution in [0.5, 0.6) is 0 Å². The third-order valence-electron chi connectivity index (χ3n) is 4.11. The fraction of sp³-hybridized carbons (Fsp3) is 0.471. The smallest absolute Gasteiger partial charge is 0.225 e. The number of aryl methyl sites for hydroxylation is 1. The lowest BCUT2D eigenvalue weighted by Crippen LogP contribution is -2.44. The summed E-state index contributed by atoms with van der Waals surface area (Å²) < 4.78 is 5.27. The van der Waals surface area contributed by atoms with Gasteiger partial charge in [0.15, 0.2) is 0 Å². The minimum atomic E-state index is -0.00976. The van der Waals surface area contributed by atoms with Crippen molar-refractivity contribution in [1.29, 1.82) is 0 Å². The SMILES string of the molecule is Cc1ccnc(N2CCCC(C(=O)NCCc3ccco3)C2)n1. The molecule has 1 aliphatic rings. The quantitative estimate of drug-likeness (QED) is 0.913. The van der Waals surface area contributed by atoms with Crippen LogP contribution in [0.15, 0.2) is 35.1 Å². The zero-order valence-electron chi connectivity index (χ0n) is 13.4. The highest BCUT2D eigenvalue weighted by molar-refractivity contribution is 5.79. The molecular weight excluding hydrogens is 292 g/mol. The summed E-state index contributed by atoms with van der Waals surface area (Å²) in [7, 11) is 0. The Balaban J connectivity index is 1.52. The maximum Gasteiger partial charge on any atom is 0.225 e. The number of rotatable bonds is 5. The number of aromatic nitrogens is 2. The lowest BCUT2D eigenvalue weighted by atomic mass is 9.97. The number of nitrogens with one attached hydrogen (secondary N) is 1. The van der Waals surface area contributed by atoms with Crippen LogP contribution in [0.25, 0.3) is 0 Å². The van der Waals surface area contributed by atoms with E-state index < -0.39 is 0 Å². The van der Waals surface area contributed by atoms with E-state index in [1.54, 1.807) is 12.5 Å². The molecule has 0 spiro atoms. The van der Waals surface area contributed by atoms with Gasteiger partial charge in [-0.25, -0.2) is 9.97 Å². The lowest BCUT2D eigenvalue weighted by Gasteiger charge is -2.32. The van der Waals surface area contributed by atoms with Crippen molar-refractivity contribution in [2.45, 2.75) is 26.2 Å². The highest BCUT2D eigenvalue weighted by Crippen LogP contribution is 2.20. The Morgan fingerprint density at radius 2 is 2.39 bits per heavy atom. The summed E-state index contributed by atoms with van der Waals surface area (Å²) in [5.74, 6) is 1.71. The molecule has 0 bridgehead atoms. The molecule has 3 rings (SSSR count). The molecule has 1 aliphatic heterocycles. The Morgan fingerprint density at radius 3 is 3.17 bits per heavy atom. The number of hydrogen-bond donors (Lipinski definition) is 1. The molecule has 1 unspecified atom stereocenters. The summed E-state index contributed by atoms with van der Waals surface area (Å²) in [6.07, 6.45) is 6.03. The Labute approximate surface area is 135 Å². The monoisotopic (exact) mass is 314 g/mol. The second-order valence-corrected chi connectivity index (χ2v) is 5.90. The molecule has 1 saturated heterocycles. The van der Waals surface area contributed by atoms with E-state index in [-0.39, 0.29) is 11.8 Å². The van der Waals surface area contributed by atoms with Crippen LogP contribution >= 0.6 is 0 Å². The van der Waals surface area contributed by atoms with Crippen LogP contribution in [0.3, 0.4) is 0 Å². The first-order chi connectivity index (χ1) is 11.2. The Bertz CT molecular complexity index is 642. The number of hydrogen-bond acceptors (Lipinski definition) is 5. The van der Waals surface area contributed by atoms with E-state index in [0.29, 0.717) is 13.1 Å². The van der Waals surface area contributed by atoms with Gasteiger partial charge >= 0.3 is 0 Å². The highest BCUT2D eigenvalue weighted by atomic mass is 16.3. The van der Waals surface area contributed by atoms with Crippen molar-refractivity contribution in [2.24, 2.45) is 5.92 Å². The summed E-state index contributed by atoms with van der Waals surface area (Å²) in [6.45, 7) is 4.13. The molecule has 0 aromatic carbocycles. The zero-order valence-corrected chi connectivity index (χ0v) is 13.4. The van der Waals surface area contributed by atoms with Gasteiger partial charge in [-0.3, -0.25) is 4.79 Å². The largest absolute Gasteiger partial charge is 0.469 e. The molecule has 1 amide bonds. The molecule has 0 aliphatic carbocycles. The van der Waals surface area contributed by atoms with Crippen molar-refractivity contribution in [2.75, 3.05) is 24.5 Å². The Morgan fingerprint density at radius 1 is 1.48 bits per heavy atom. The minimum absolute atomic E-state index is 0.00976. The molecule has 2 aromatic heterocycles. The summed E-state index contributed by atoms with van der Waals surface area (Å²) in [5, 5.41) is 3.01. The predicted molar refractivity (Wildman–Crippen MR) is 87.1 cm³/mol. The normalized spacial score (nSPS) is 18.0. The van der Waals surface area contributed by atoms with E-state index in [4.69, 9.17) is 4.42 Å². The van der Waals surface area contributed by atoms with Crippen LogP contribution in [-0.2, 0) is 11.2 Å². The van der Waals surface area contributed by atoms with Gasteiger partial charge in [0, 0.05) is 37.9 Å². The number of carbonyl (C=O) groups is 1. The Hall–Kier alpha value is -2.37. The van der Waals surface area contributed by atoms with E-state index in [1.165, 1.54) is 0 Å². The summed E-state index contributed by atoms with van der Waals surface area (Å²) in [4.78, 5) is 23.2. The molecule has 3 heterocycles. The minimum Gasteiger partial charge on any atom is -0.469 e. The maximum atomic E-state index is 12.4. The van der Waals surface area contributed by atoms with Gasteiger partial charge in [-0.15, -0.1) is 0 Å². The van der Waals surface area contributed by atoms with Gasteiger partial charge in [-0.1, -0.05) is 0 Å². The van der Waals surface area contributed by atoms with E-state index in [9.17, 15) is 4.79 Å². The number of furan rings is 1.